The van der Waals surface area contributed by atoms with Gasteiger partial charge in [-0.3, -0.25) is 0 Å². The molecule has 2 aromatic carbocycles. The minimum atomic E-state index is -0.419. The quantitative estimate of drug-likeness (QED) is 0.675. The van der Waals surface area contributed by atoms with Gasteiger partial charge in [-0.1, -0.05) is 41.9 Å². The third-order valence-electron chi connectivity index (χ3n) is 4.21. The molecule has 1 atom stereocenters. The summed E-state index contributed by atoms with van der Waals surface area (Å²) in [6.45, 7) is 4.82. The molecule has 0 saturated carbocycles. The molecule has 4 nitrogen and oxygen atoms in total. The van der Waals surface area contributed by atoms with Gasteiger partial charge >= 0.3 is 5.97 Å². The lowest BCUT2D eigenvalue weighted by Gasteiger charge is -2.11. The number of benzene rings is 2. The molecule has 0 aliphatic heterocycles. The SMILES string of the molecule is CCOC(=O)c1oc2ccccc2c1C[NH2+][C@@H](C)c1cccc(Cl)c1. The Balaban J connectivity index is 1.87. The summed E-state index contributed by atoms with van der Waals surface area (Å²) in [5.41, 5.74) is 2.70. The van der Waals surface area contributed by atoms with Crippen molar-refractivity contribution in [1.29, 1.82) is 0 Å². The van der Waals surface area contributed by atoms with Crippen LogP contribution in [0.1, 0.15) is 41.6 Å². The van der Waals surface area contributed by atoms with Crippen LogP contribution in [0.3, 0.4) is 0 Å². The van der Waals surface area contributed by atoms with Crippen molar-refractivity contribution in [2.45, 2.75) is 26.4 Å². The van der Waals surface area contributed by atoms with Crippen LogP contribution in [-0.4, -0.2) is 12.6 Å². The van der Waals surface area contributed by atoms with Crippen LogP contribution < -0.4 is 5.32 Å². The number of hydrogen-bond acceptors (Lipinski definition) is 3. The molecule has 1 heterocycles. The molecule has 0 bridgehead atoms. The Morgan fingerprint density at radius 1 is 1.24 bits per heavy atom. The first-order valence-corrected chi connectivity index (χ1v) is 8.74. The summed E-state index contributed by atoms with van der Waals surface area (Å²) in [5.74, 6) is -0.130. The van der Waals surface area contributed by atoms with E-state index in [1.54, 1.807) is 6.92 Å². The number of nitrogens with two attached hydrogens (primary N) is 1. The Morgan fingerprint density at radius 3 is 2.80 bits per heavy atom. The fourth-order valence-electron chi connectivity index (χ4n) is 2.88. The Morgan fingerprint density at radius 2 is 2.04 bits per heavy atom. The molecule has 1 aromatic heterocycles. The van der Waals surface area contributed by atoms with Crippen molar-refractivity contribution in [3.05, 3.63) is 70.4 Å². The molecule has 0 radical (unpaired) electrons. The van der Waals surface area contributed by atoms with E-state index in [9.17, 15) is 4.79 Å². The predicted octanol–water partition coefficient (Wildman–Crippen LogP) is 4.09. The van der Waals surface area contributed by atoms with E-state index in [0.29, 0.717) is 18.7 Å². The van der Waals surface area contributed by atoms with Crippen molar-refractivity contribution in [2.24, 2.45) is 0 Å². The first-order valence-electron chi connectivity index (χ1n) is 8.36. The average Bonchev–Trinajstić information content (AvgIpc) is 2.98. The van der Waals surface area contributed by atoms with E-state index in [2.05, 4.69) is 12.2 Å². The summed E-state index contributed by atoms with van der Waals surface area (Å²) >= 11 is 6.08. The number of furan rings is 1. The molecule has 0 aliphatic rings. The number of rotatable bonds is 6. The van der Waals surface area contributed by atoms with Crippen molar-refractivity contribution in [2.75, 3.05) is 6.61 Å². The minimum absolute atomic E-state index is 0.197. The monoisotopic (exact) mass is 358 g/mol. The van der Waals surface area contributed by atoms with Gasteiger partial charge < -0.3 is 14.5 Å². The van der Waals surface area contributed by atoms with Crippen molar-refractivity contribution < 1.29 is 19.3 Å². The molecule has 3 aromatic rings. The van der Waals surface area contributed by atoms with Gasteiger partial charge in [0, 0.05) is 16.0 Å². The normalized spacial score (nSPS) is 12.3. The highest BCUT2D eigenvalue weighted by atomic mass is 35.5. The van der Waals surface area contributed by atoms with E-state index in [4.69, 9.17) is 20.8 Å². The summed E-state index contributed by atoms with van der Waals surface area (Å²) in [6.07, 6.45) is 0. The number of carbonyl (C=O) groups is 1. The second-order valence-electron chi connectivity index (χ2n) is 5.91. The van der Waals surface area contributed by atoms with Crippen LogP contribution in [0.5, 0.6) is 0 Å². The Kier molecular flexibility index (Phi) is 5.41. The highest BCUT2D eigenvalue weighted by Gasteiger charge is 2.23. The predicted molar refractivity (Wildman–Crippen MR) is 97.7 cm³/mol. The zero-order valence-electron chi connectivity index (χ0n) is 14.3. The number of quaternary nitrogens is 1. The van der Waals surface area contributed by atoms with Gasteiger partial charge in [-0.2, -0.15) is 0 Å². The van der Waals surface area contributed by atoms with Crippen LogP contribution in [0.15, 0.2) is 52.9 Å². The summed E-state index contributed by atoms with van der Waals surface area (Å²) in [5, 5.41) is 3.82. The number of halogens is 1. The molecule has 0 aliphatic carbocycles. The van der Waals surface area contributed by atoms with Gasteiger partial charge in [0.2, 0.25) is 5.76 Å². The van der Waals surface area contributed by atoms with Gasteiger partial charge in [0.05, 0.1) is 12.2 Å². The molecule has 0 spiro atoms. The lowest BCUT2D eigenvalue weighted by Crippen LogP contribution is -2.83. The first kappa shape index (κ1) is 17.5. The third kappa shape index (κ3) is 3.86. The zero-order valence-corrected chi connectivity index (χ0v) is 15.0. The van der Waals surface area contributed by atoms with Crippen LogP contribution in [0.25, 0.3) is 11.0 Å². The number of carbonyl (C=O) groups excluding carboxylic acids is 1. The van der Waals surface area contributed by atoms with E-state index in [1.165, 1.54) is 0 Å². The minimum Gasteiger partial charge on any atom is -0.460 e. The van der Waals surface area contributed by atoms with Crippen LogP contribution in [0.4, 0.5) is 0 Å². The van der Waals surface area contributed by atoms with Crippen LogP contribution in [0.2, 0.25) is 5.02 Å². The fourth-order valence-corrected chi connectivity index (χ4v) is 3.08. The third-order valence-corrected chi connectivity index (χ3v) is 4.44. The topological polar surface area (TPSA) is 56.0 Å². The van der Waals surface area contributed by atoms with Crippen LogP contribution in [0, 0.1) is 0 Å². The molecular weight excluding hydrogens is 338 g/mol. The largest absolute Gasteiger partial charge is 0.460 e. The van der Waals surface area contributed by atoms with E-state index in [1.807, 2.05) is 48.5 Å². The number of para-hydroxylation sites is 1. The van der Waals surface area contributed by atoms with Crippen molar-refractivity contribution >= 4 is 28.5 Å². The van der Waals surface area contributed by atoms with Crippen LogP contribution in [-0.2, 0) is 11.3 Å². The van der Waals surface area contributed by atoms with Crippen LogP contribution >= 0.6 is 11.6 Å². The second-order valence-corrected chi connectivity index (χ2v) is 6.35. The average molecular weight is 359 g/mol. The second kappa shape index (κ2) is 7.72. The standard InChI is InChI=1S/C20H20ClNO3/c1-3-24-20(23)19-17(16-9-4-5-10-18(16)25-19)12-22-13(2)14-7-6-8-15(21)11-14/h4-11,13,22H,3,12H2,1-2H3/p+1/t13-/m0/s1. The van der Waals surface area contributed by atoms with Crippen molar-refractivity contribution in [3.63, 3.8) is 0 Å². The van der Waals surface area contributed by atoms with Gasteiger partial charge in [0.15, 0.2) is 0 Å². The summed E-state index contributed by atoms with van der Waals surface area (Å²) in [4.78, 5) is 12.2. The van der Waals surface area contributed by atoms with Crippen molar-refractivity contribution in [3.8, 4) is 0 Å². The Hall–Kier alpha value is -2.30. The maximum absolute atomic E-state index is 12.2. The molecule has 0 saturated heterocycles. The highest BCUT2D eigenvalue weighted by Crippen LogP contribution is 2.26. The summed E-state index contributed by atoms with van der Waals surface area (Å²) in [7, 11) is 0. The Labute approximate surface area is 151 Å². The van der Waals surface area contributed by atoms with E-state index in [-0.39, 0.29) is 11.8 Å². The summed E-state index contributed by atoms with van der Waals surface area (Å²) in [6, 6.07) is 15.7. The first-order chi connectivity index (χ1) is 12.1. The van der Waals surface area contributed by atoms with E-state index < -0.39 is 5.97 Å². The molecule has 0 unspecified atom stereocenters. The van der Waals surface area contributed by atoms with Gasteiger partial charge in [0.25, 0.3) is 0 Å². The number of fused-ring (bicyclic) bond motifs is 1. The zero-order chi connectivity index (χ0) is 17.8. The molecule has 25 heavy (non-hydrogen) atoms. The lowest BCUT2D eigenvalue weighted by atomic mass is 10.1. The molecule has 2 N–H and O–H groups in total. The van der Waals surface area contributed by atoms with E-state index in [0.717, 1.165) is 21.5 Å². The Bertz CT molecular complexity index is 888. The molecule has 3 rings (SSSR count). The van der Waals surface area contributed by atoms with Gasteiger partial charge in [0.1, 0.15) is 18.2 Å². The summed E-state index contributed by atoms with van der Waals surface area (Å²) < 4.78 is 10.9. The number of ether oxygens (including phenoxy) is 1. The molecular formula is C20H21ClNO3+. The molecule has 5 heteroatoms. The van der Waals surface area contributed by atoms with E-state index >= 15 is 0 Å². The molecule has 130 valence electrons. The highest BCUT2D eigenvalue weighted by molar-refractivity contribution is 6.30. The molecule has 0 fully saturated rings. The fraction of sp³-hybridized carbons (Fsp3) is 0.250. The van der Waals surface area contributed by atoms with Gasteiger partial charge in [-0.25, -0.2) is 4.79 Å². The maximum Gasteiger partial charge on any atom is 0.374 e. The molecule has 0 amide bonds. The smallest absolute Gasteiger partial charge is 0.374 e. The lowest BCUT2D eigenvalue weighted by molar-refractivity contribution is -0.707. The number of esters is 1. The van der Waals surface area contributed by atoms with Gasteiger partial charge in [-0.05, 0) is 32.0 Å². The number of hydrogen-bond donors (Lipinski definition) is 1. The van der Waals surface area contributed by atoms with Gasteiger partial charge in [-0.15, -0.1) is 0 Å². The maximum atomic E-state index is 12.2. The van der Waals surface area contributed by atoms with Crippen molar-refractivity contribution in [1.82, 2.24) is 0 Å².